The third-order valence-electron chi connectivity index (χ3n) is 10.2. The van der Waals surface area contributed by atoms with Crippen molar-refractivity contribution in [3.8, 4) is 0 Å². The van der Waals surface area contributed by atoms with Crippen molar-refractivity contribution in [2.24, 2.45) is 17.3 Å². The van der Waals surface area contributed by atoms with Gasteiger partial charge in [0.1, 0.15) is 0 Å². The van der Waals surface area contributed by atoms with Gasteiger partial charge < -0.3 is 25.4 Å². The molecule has 0 amide bonds. The summed E-state index contributed by atoms with van der Waals surface area (Å²) in [5, 5.41) is 42.8. The van der Waals surface area contributed by atoms with Gasteiger partial charge in [-0.1, -0.05) is 89.7 Å². The van der Waals surface area contributed by atoms with Crippen LogP contribution in [0.2, 0.25) is 0 Å². The van der Waals surface area contributed by atoms with Crippen LogP contribution in [0, 0.1) is 17.3 Å². The summed E-state index contributed by atoms with van der Waals surface area (Å²) >= 11 is 0. The first-order valence-electron chi connectivity index (χ1n) is 16.2. The van der Waals surface area contributed by atoms with Crippen LogP contribution in [0.1, 0.15) is 141 Å². The predicted octanol–water partition coefficient (Wildman–Crippen LogP) is 6.79. The van der Waals surface area contributed by atoms with E-state index < -0.39 is 23.6 Å². The third-order valence-corrected chi connectivity index (χ3v) is 10.2. The third kappa shape index (κ3) is 9.60. The van der Waals surface area contributed by atoms with E-state index in [0.29, 0.717) is 19.3 Å². The number of hydrogen-bond acceptors (Lipinski definition) is 4. The number of aliphatic hydroxyl groups is 3. The second-order valence-corrected chi connectivity index (χ2v) is 13.0. The summed E-state index contributed by atoms with van der Waals surface area (Å²) in [7, 11) is 0. The summed E-state index contributed by atoms with van der Waals surface area (Å²) in [4.78, 5) is 16.5. The van der Waals surface area contributed by atoms with Gasteiger partial charge in [-0.05, 0) is 75.5 Å². The van der Waals surface area contributed by atoms with Gasteiger partial charge in [0.2, 0.25) is 0 Å². The van der Waals surface area contributed by atoms with Gasteiger partial charge >= 0.3 is 5.97 Å². The highest BCUT2D eigenvalue weighted by molar-refractivity contribution is 5.70. The van der Waals surface area contributed by atoms with E-state index in [4.69, 9.17) is 0 Å². The Balaban J connectivity index is 1.40. The van der Waals surface area contributed by atoms with Gasteiger partial charge in [-0.15, -0.1) is 0 Å². The smallest absolute Gasteiger partial charge is 0.309 e. The number of unbranched alkanes of at least 4 members (excludes halogenated alkanes) is 7. The number of carboxylic acid groups (broad SMARTS) is 1. The highest BCUT2D eigenvalue weighted by atomic mass is 16.4. The van der Waals surface area contributed by atoms with Gasteiger partial charge in [-0.2, -0.15) is 11.9 Å². The molecule has 2 aliphatic rings. The largest absolute Gasteiger partial charge is 0.668 e. The van der Waals surface area contributed by atoms with Crippen LogP contribution >= 0.6 is 0 Å². The lowest BCUT2D eigenvalue weighted by atomic mass is 9.69. The number of nitrogens with zero attached hydrogens (tertiary/aromatic N) is 1. The van der Waals surface area contributed by atoms with E-state index >= 15 is 0 Å². The molecule has 39 heavy (non-hydrogen) atoms. The van der Waals surface area contributed by atoms with E-state index in [9.17, 15) is 25.2 Å². The average molecular weight is 547 g/mol. The molecule has 0 bridgehead atoms. The Hall–Kier alpha value is -1.37. The van der Waals surface area contributed by atoms with Crippen molar-refractivity contribution >= 4 is 5.97 Å². The molecule has 224 valence electrons. The lowest BCUT2D eigenvalue weighted by molar-refractivity contribution is -0.147. The van der Waals surface area contributed by atoms with Crippen LogP contribution in [-0.2, 0) is 11.2 Å². The molecular formula is C33H56NO5-. The molecule has 0 aliphatic heterocycles. The first kappa shape index (κ1) is 32.1. The normalized spacial score (nSPS) is 24.8. The number of hydrogen-bond donors (Lipinski definition) is 4. The molecule has 1 heterocycles. The molecule has 0 aromatic carbocycles. The molecule has 2 aliphatic carbocycles. The zero-order chi connectivity index (χ0) is 28.1. The minimum absolute atomic E-state index is 0.115. The molecule has 1 aromatic heterocycles. The molecular weight excluding hydrogens is 490 g/mol. The Kier molecular flexibility index (Phi) is 13.3. The standard InChI is InChI=1S/C33H56NO5/c1-2-3-4-5-8-15-27(35)16-9-6-7-10-17-28(31(37)38)29(36)18-21-33(39)23-22-32(19-11-12-20-32)30(33)25-26-14-13-24-34-26/h13-14,24,27-30,35-36,39H,2-12,15-23,25H2,1H3,(H,37,38)/q-1. The minimum Gasteiger partial charge on any atom is -0.668 e. The number of aliphatic hydroxyl groups excluding tert-OH is 2. The maximum Gasteiger partial charge on any atom is 0.309 e. The summed E-state index contributed by atoms with van der Waals surface area (Å²) in [5.74, 6) is -1.62. The van der Waals surface area contributed by atoms with Crippen molar-refractivity contribution in [3.05, 3.63) is 24.0 Å². The van der Waals surface area contributed by atoms with Gasteiger partial charge in [-0.3, -0.25) is 4.79 Å². The number of carbonyl (C=O) groups is 1. The maximum atomic E-state index is 12.0. The topological polar surface area (TPSA) is 112 Å². The van der Waals surface area contributed by atoms with Crippen molar-refractivity contribution in [1.29, 1.82) is 0 Å². The van der Waals surface area contributed by atoms with Gasteiger partial charge in [0.05, 0.1) is 23.7 Å². The van der Waals surface area contributed by atoms with Crippen LogP contribution in [0.4, 0.5) is 0 Å². The fourth-order valence-corrected chi connectivity index (χ4v) is 7.74. The molecule has 5 atom stereocenters. The van der Waals surface area contributed by atoms with Crippen LogP contribution in [0.3, 0.4) is 0 Å². The van der Waals surface area contributed by atoms with E-state index in [2.05, 4.69) is 11.9 Å². The van der Waals surface area contributed by atoms with Crippen molar-refractivity contribution < 1.29 is 25.2 Å². The summed E-state index contributed by atoms with van der Waals surface area (Å²) in [5.41, 5.74) is 0.313. The molecule has 6 heteroatoms. The molecule has 2 saturated carbocycles. The molecule has 0 saturated heterocycles. The Bertz CT molecular complexity index is 805. The van der Waals surface area contributed by atoms with E-state index in [-0.39, 0.29) is 17.4 Å². The highest BCUT2D eigenvalue weighted by Gasteiger charge is 2.56. The fraction of sp³-hybridized carbons (Fsp3) is 0.848. The quantitative estimate of drug-likeness (QED) is 0.134. The summed E-state index contributed by atoms with van der Waals surface area (Å²) in [6.45, 7) is 2.21. The summed E-state index contributed by atoms with van der Waals surface area (Å²) in [6.07, 6.45) is 20.5. The highest BCUT2D eigenvalue weighted by Crippen LogP contribution is 2.60. The van der Waals surface area contributed by atoms with E-state index in [1.54, 1.807) is 0 Å². The molecule has 1 aromatic rings. The molecule has 6 nitrogen and oxygen atoms in total. The molecule has 0 radical (unpaired) electrons. The Morgan fingerprint density at radius 1 is 0.923 bits per heavy atom. The van der Waals surface area contributed by atoms with Gasteiger partial charge in [0.15, 0.2) is 0 Å². The predicted molar refractivity (Wildman–Crippen MR) is 155 cm³/mol. The summed E-state index contributed by atoms with van der Waals surface area (Å²) in [6, 6.07) is 3.98. The van der Waals surface area contributed by atoms with E-state index in [1.165, 1.54) is 38.5 Å². The van der Waals surface area contributed by atoms with Crippen LogP contribution in [0.25, 0.3) is 0 Å². The van der Waals surface area contributed by atoms with Gasteiger partial charge in [-0.25, -0.2) is 0 Å². The maximum absolute atomic E-state index is 12.0. The minimum atomic E-state index is -0.945. The lowest BCUT2D eigenvalue weighted by Gasteiger charge is -2.40. The zero-order valence-corrected chi connectivity index (χ0v) is 24.5. The number of aromatic nitrogens is 1. The van der Waals surface area contributed by atoms with Crippen LogP contribution in [-0.4, -0.2) is 44.2 Å². The van der Waals surface area contributed by atoms with E-state index in [0.717, 1.165) is 82.7 Å². The van der Waals surface area contributed by atoms with Crippen LogP contribution in [0.5, 0.6) is 0 Å². The van der Waals surface area contributed by atoms with Crippen molar-refractivity contribution in [1.82, 2.24) is 4.98 Å². The second kappa shape index (κ2) is 16.2. The van der Waals surface area contributed by atoms with E-state index in [1.807, 2.05) is 18.3 Å². The number of aliphatic carboxylic acids is 1. The number of carboxylic acids is 1. The monoisotopic (exact) mass is 546 g/mol. The fourth-order valence-electron chi connectivity index (χ4n) is 7.74. The molecule has 3 rings (SSSR count). The molecule has 1 spiro atoms. The first-order valence-corrected chi connectivity index (χ1v) is 16.2. The lowest BCUT2D eigenvalue weighted by Crippen LogP contribution is -2.42. The first-order chi connectivity index (χ1) is 18.8. The molecule has 5 unspecified atom stereocenters. The number of rotatable bonds is 20. The van der Waals surface area contributed by atoms with Crippen LogP contribution < -0.4 is 4.98 Å². The Morgan fingerprint density at radius 2 is 1.56 bits per heavy atom. The molecule has 2 fully saturated rings. The summed E-state index contributed by atoms with van der Waals surface area (Å²) < 4.78 is 0. The average Bonchev–Trinajstić information content (AvgIpc) is 3.66. The molecule has 4 N–H and O–H groups in total. The van der Waals surface area contributed by atoms with Gasteiger partial charge in [0.25, 0.3) is 0 Å². The Morgan fingerprint density at radius 3 is 2.15 bits per heavy atom. The van der Waals surface area contributed by atoms with Crippen LogP contribution in [0.15, 0.2) is 18.3 Å². The van der Waals surface area contributed by atoms with Crippen molar-refractivity contribution in [2.75, 3.05) is 0 Å². The SMILES string of the molecule is CCCCCCCC(O)CCCCCCC(C(=O)O)C(O)CCC1(O)CCC2(CCCC2)C1Cc1ccc[n-]1. The zero-order valence-electron chi connectivity index (χ0n) is 24.5. The van der Waals surface area contributed by atoms with Gasteiger partial charge in [0, 0.05) is 0 Å². The van der Waals surface area contributed by atoms with Crippen molar-refractivity contribution in [2.45, 2.75) is 160 Å². The second-order valence-electron chi connectivity index (χ2n) is 13.0. The van der Waals surface area contributed by atoms with Crippen molar-refractivity contribution in [3.63, 3.8) is 0 Å². The Labute approximate surface area is 237 Å².